The van der Waals surface area contributed by atoms with Crippen LogP contribution < -0.4 is 21.3 Å². The fourth-order valence-corrected chi connectivity index (χ4v) is 3.89. The summed E-state index contributed by atoms with van der Waals surface area (Å²) in [6, 6.07) is 16.1. The second-order valence-electron chi connectivity index (χ2n) is 7.92. The monoisotopic (exact) mass is 469 g/mol. The fourth-order valence-electron chi connectivity index (χ4n) is 3.89. The molecule has 1 fully saturated rings. The van der Waals surface area contributed by atoms with Gasteiger partial charge in [-0.15, -0.1) is 0 Å². The second-order valence-corrected chi connectivity index (χ2v) is 7.92. The van der Waals surface area contributed by atoms with Crippen LogP contribution in [0.5, 0.6) is 0 Å². The number of aromatic nitrogens is 3. The van der Waals surface area contributed by atoms with Crippen LogP contribution in [-0.4, -0.2) is 53.1 Å². The van der Waals surface area contributed by atoms with Crippen molar-refractivity contribution < 1.29 is 14.3 Å². The third-order valence-corrected chi connectivity index (χ3v) is 5.61. The number of fused-ring (bicyclic) bond motifs is 1. The van der Waals surface area contributed by atoms with Crippen LogP contribution in [0.1, 0.15) is 20.8 Å². The molecule has 10 heteroatoms. The van der Waals surface area contributed by atoms with Gasteiger partial charge in [-0.3, -0.25) is 14.6 Å². The lowest BCUT2D eigenvalue weighted by molar-refractivity contribution is 0.0994. The summed E-state index contributed by atoms with van der Waals surface area (Å²) in [4.78, 5) is 40.0. The zero-order chi connectivity index (χ0) is 24.2. The molecule has 2 amide bonds. The molecule has 35 heavy (non-hydrogen) atoms. The number of para-hydroxylation sites is 2. The maximum atomic E-state index is 12.9. The van der Waals surface area contributed by atoms with E-state index in [0.29, 0.717) is 54.3 Å². The lowest BCUT2D eigenvalue weighted by Gasteiger charge is -2.31. The van der Waals surface area contributed by atoms with Crippen molar-refractivity contribution in [3.8, 4) is 0 Å². The molecule has 0 aliphatic carbocycles. The third-order valence-electron chi connectivity index (χ3n) is 5.61. The predicted octanol–water partition coefficient (Wildman–Crippen LogP) is 2.96. The first-order valence-corrected chi connectivity index (χ1v) is 11.1. The van der Waals surface area contributed by atoms with Crippen LogP contribution >= 0.6 is 0 Å². The van der Waals surface area contributed by atoms with E-state index in [9.17, 15) is 9.59 Å². The number of rotatable bonds is 6. The lowest BCUT2D eigenvalue weighted by atomic mass is 10.1. The summed E-state index contributed by atoms with van der Waals surface area (Å²) in [5, 5.41) is 6.15. The normalized spacial score (nSPS) is 13.4. The van der Waals surface area contributed by atoms with Gasteiger partial charge in [-0.1, -0.05) is 12.1 Å². The Balaban J connectivity index is 1.51. The van der Waals surface area contributed by atoms with Crippen LogP contribution in [0.4, 0.5) is 22.9 Å². The summed E-state index contributed by atoms with van der Waals surface area (Å²) < 4.78 is 5.48. The maximum Gasteiger partial charge on any atom is 0.271 e. The first-order valence-electron chi connectivity index (χ1n) is 11.1. The van der Waals surface area contributed by atoms with E-state index in [2.05, 4.69) is 30.5 Å². The van der Waals surface area contributed by atoms with Crippen molar-refractivity contribution in [1.82, 2.24) is 15.0 Å². The van der Waals surface area contributed by atoms with E-state index in [-0.39, 0.29) is 17.4 Å². The highest BCUT2D eigenvalue weighted by Crippen LogP contribution is 2.32. The van der Waals surface area contributed by atoms with Crippen molar-refractivity contribution in [2.45, 2.75) is 0 Å². The van der Waals surface area contributed by atoms with Gasteiger partial charge in [-0.2, -0.15) is 0 Å². The number of hydrogen-bond donors (Lipinski definition) is 3. The number of carbonyl (C=O) groups is 2. The van der Waals surface area contributed by atoms with Gasteiger partial charge in [-0.25, -0.2) is 9.97 Å². The van der Waals surface area contributed by atoms with Crippen molar-refractivity contribution in [2.24, 2.45) is 5.73 Å². The maximum absolute atomic E-state index is 12.9. The largest absolute Gasteiger partial charge is 0.378 e. The number of hydrogen-bond acceptors (Lipinski definition) is 8. The van der Waals surface area contributed by atoms with Crippen LogP contribution in [-0.2, 0) is 4.74 Å². The molecule has 0 saturated carbocycles. The number of pyridine rings is 1. The standard InChI is InChI=1S/C25H23N7O3/c26-23(33)22-24(30-19-4-2-1-3-18(19)29-22)28-17-5-6-21(32-11-13-35-14-12-32)20(15-17)31-25(34)16-7-9-27-10-8-16/h1-10,15H,11-14H2,(H2,26,33)(H,28,30)(H,31,34). The SMILES string of the molecule is NC(=O)c1nc2ccccc2nc1Nc1ccc(N2CCOCC2)c(NC(=O)c2ccncc2)c1. The molecule has 4 aromatic rings. The van der Waals surface area contributed by atoms with Gasteiger partial charge in [0, 0.05) is 36.7 Å². The molecular formula is C25H23N7O3. The molecule has 10 nitrogen and oxygen atoms in total. The van der Waals surface area contributed by atoms with E-state index in [4.69, 9.17) is 10.5 Å². The smallest absolute Gasteiger partial charge is 0.271 e. The van der Waals surface area contributed by atoms with E-state index >= 15 is 0 Å². The number of amides is 2. The van der Waals surface area contributed by atoms with E-state index in [1.165, 1.54) is 0 Å². The summed E-state index contributed by atoms with van der Waals surface area (Å²) in [6.45, 7) is 2.61. The molecule has 176 valence electrons. The van der Waals surface area contributed by atoms with Gasteiger partial charge in [-0.05, 0) is 42.5 Å². The Hall–Kier alpha value is -4.57. The van der Waals surface area contributed by atoms with Crippen molar-refractivity contribution >= 4 is 45.7 Å². The second kappa shape index (κ2) is 9.74. The number of primary amides is 1. The van der Waals surface area contributed by atoms with Gasteiger partial charge >= 0.3 is 0 Å². The summed E-state index contributed by atoms with van der Waals surface area (Å²) in [6.07, 6.45) is 3.14. The number of morpholine rings is 1. The molecule has 2 aromatic heterocycles. The van der Waals surface area contributed by atoms with Crippen LogP contribution in [0.15, 0.2) is 67.0 Å². The number of carbonyl (C=O) groups excluding carboxylic acids is 2. The zero-order valence-corrected chi connectivity index (χ0v) is 18.8. The summed E-state index contributed by atoms with van der Waals surface area (Å²) in [7, 11) is 0. The van der Waals surface area contributed by atoms with E-state index in [1.807, 2.05) is 24.3 Å². The Morgan fingerprint density at radius 3 is 2.37 bits per heavy atom. The molecule has 0 radical (unpaired) electrons. The van der Waals surface area contributed by atoms with Crippen LogP contribution in [0.3, 0.4) is 0 Å². The average Bonchev–Trinajstić information content (AvgIpc) is 2.89. The van der Waals surface area contributed by atoms with Gasteiger partial charge in [0.15, 0.2) is 11.5 Å². The molecule has 3 heterocycles. The minimum absolute atomic E-state index is 0.0309. The molecule has 0 atom stereocenters. The molecule has 1 saturated heterocycles. The summed E-state index contributed by atoms with van der Waals surface area (Å²) >= 11 is 0. The van der Waals surface area contributed by atoms with Crippen LogP contribution in [0, 0.1) is 0 Å². The minimum Gasteiger partial charge on any atom is -0.378 e. The fraction of sp³-hybridized carbons (Fsp3) is 0.160. The number of nitrogens with zero attached hydrogens (tertiary/aromatic N) is 4. The average molecular weight is 470 g/mol. The summed E-state index contributed by atoms with van der Waals surface area (Å²) in [5.41, 5.74) is 9.37. The minimum atomic E-state index is -0.693. The van der Waals surface area contributed by atoms with Gasteiger partial charge in [0.2, 0.25) is 0 Å². The van der Waals surface area contributed by atoms with Gasteiger partial charge in [0.1, 0.15) is 0 Å². The molecular weight excluding hydrogens is 446 g/mol. The van der Waals surface area contributed by atoms with E-state index < -0.39 is 5.91 Å². The quantitative estimate of drug-likeness (QED) is 0.392. The first kappa shape index (κ1) is 22.2. The van der Waals surface area contributed by atoms with Gasteiger partial charge in [0.25, 0.3) is 11.8 Å². The van der Waals surface area contributed by atoms with E-state index in [0.717, 1.165) is 5.69 Å². The molecule has 2 aromatic carbocycles. The number of anilines is 4. The van der Waals surface area contributed by atoms with Crippen molar-refractivity contribution in [3.63, 3.8) is 0 Å². The van der Waals surface area contributed by atoms with Crippen LogP contribution in [0.25, 0.3) is 11.0 Å². The number of ether oxygens (including phenoxy) is 1. The van der Waals surface area contributed by atoms with Crippen molar-refractivity contribution in [2.75, 3.05) is 41.8 Å². The molecule has 1 aliphatic heterocycles. The Morgan fingerprint density at radius 2 is 1.66 bits per heavy atom. The molecule has 5 rings (SSSR count). The lowest BCUT2D eigenvalue weighted by Crippen LogP contribution is -2.36. The molecule has 0 spiro atoms. The van der Waals surface area contributed by atoms with Crippen molar-refractivity contribution in [1.29, 1.82) is 0 Å². The number of nitrogens with two attached hydrogens (primary N) is 1. The van der Waals surface area contributed by atoms with Gasteiger partial charge < -0.3 is 26.0 Å². The molecule has 4 N–H and O–H groups in total. The van der Waals surface area contributed by atoms with E-state index in [1.54, 1.807) is 42.7 Å². The van der Waals surface area contributed by atoms with Crippen molar-refractivity contribution in [3.05, 3.63) is 78.2 Å². The predicted molar refractivity (Wildman–Crippen MR) is 133 cm³/mol. The molecule has 0 bridgehead atoms. The Bertz CT molecular complexity index is 1390. The Kier molecular flexibility index (Phi) is 6.18. The van der Waals surface area contributed by atoms with Gasteiger partial charge in [0.05, 0.1) is 35.6 Å². The zero-order valence-electron chi connectivity index (χ0n) is 18.8. The number of nitrogens with one attached hydrogen (secondary N) is 2. The first-order chi connectivity index (χ1) is 17.1. The van der Waals surface area contributed by atoms with Crippen LogP contribution in [0.2, 0.25) is 0 Å². The molecule has 1 aliphatic rings. The molecule has 0 unspecified atom stereocenters. The Labute approximate surface area is 201 Å². The third kappa shape index (κ3) is 4.87. The highest BCUT2D eigenvalue weighted by Gasteiger charge is 2.19. The Morgan fingerprint density at radius 1 is 0.943 bits per heavy atom. The number of benzene rings is 2. The topological polar surface area (TPSA) is 135 Å². The summed E-state index contributed by atoms with van der Waals surface area (Å²) in [5.74, 6) is -0.717. The highest BCUT2D eigenvalue weighted by molar-refractivity contribution is 6.06. The highest BCUT2D eigenvalue weighted by atomic mass is 16.5.